The number of carbonyl (C=O) groups excluding carboxylic acids is 2. The fraction of sp³-hybridized carbons (Fsp3) is 0.710. The Morgan fingerprint density at radius 3 is 2.52 bits per heavy atom. The first-order valence-electron chi connectivity index (χ1n) is 15.2. The molecule has 230 valence electrons. The highest BCUT2D eigenvalue weighted by atomic mass is 16.6. The lowest BCUT2D eigenvalue weighted by Gasteiger charge is -2.55. The van der Waals surface area contributed by atoms with Gasteiger partial charge in [-0.05, 0) is 99.4 Å². The van der Waals surface area contributed by atoms with Gasteiger partial charge in [-0.25, -0.2) is 0 Å². The molecule has 0 aromatic heterocycles. The monoisotopic (exact) mass is 584 g/mol. The van der Waals surface area contributed by atoms with E-state index in [0.29, 0.717) is 43.4 Å². The van der Waals surface area contributed by atoms with Crippen LogP contribution in [-0.4, -0.2) is 38.8 Å². The topological polar surface area (TPSA) is 165 Å². The number of rotatable bonds is 11. The lowest BCUT2D eigenvalue weighted by Crippen LogP contribution is -2.51. The molecule has 0 spiro atoms. The van der Waals surface area contributed by atoms with E-state index < -0.39 is 27.1 Å². The first-order chi connectivity index (χ1) is 19.8. The zero-order chi connectivity index (χ0) is 30.8. The van der Waals surface area contributed by atoms with Crippen LogP contribution in [-0.2, 0) is 9.59 Å². The zero-order valence-electron chi connectivity index (χ0n) is 25.1. The largest absolute Gasteiger partial charge is 0.393 e. The van der Waals surface area contributed by atoms with Gasteiger partial charge in [-0.15, -0.1) is 0 Å². The van der Waals surface area contributed by atoms with Gasteiger partial charge in [-0.1, -0.05) is 20.8 Å². The first-order valence-corrected chi connectivity index (χ1v) is 15.2. The van der Waals surface area contributed by atoms with E-state index in [1.165, 1.54) is 12.1 Å². The highest BCUT2D eigenvalue weighted by Crippen LogP contribution is 2.64. The molecule has 3 unspecified atom stereocenters. The van der Waals surface area contributed by atoms with Gasteiger partial charge >= 0.3 is 5.69 Å². The third-order valence-electron chi connectivity index (χ3n) is 11.1. The summed E-state index contributed by atoms with van der Waals surface area (Å²) in [4.78, 5) is 46.4. The van der Waals surface area contributed by atoms with Gasteiger partial charge in [0.1, 0.15) is 17.3 Å². The zero-order valence-corrected chi connectivity index (χ0v) is 25.1. The van der Waals surface area contributed by atoms with E-state index in [4.69, 9.17) is 0 Å². The van der Waals surface area contributed by atoms with Gasteiger partial charge in [0.25, 0.3) is 5.69 Å². The van der Waals surface area contributed by atoms with Crippen molar-refractivity contribution in [3.8, 4) is 0 Å². The number of nitrogens with one attached hydrogen (secondary N) is 1. The summed E-state index contributed by atoms with van der Waals surface area (Å²) >= 11 is 0. The van der Waals surface area contributed by atoms with Crippen molar-refractivity contribution in [3.63, 3.8) is 0 Å². The number of non-ortho nitro benzene ring substituents is 1. The summed E-state index contributed by atoms with van der Waals surface area (Å²) in [6.45, 7) is 8.36. The summed E-state index contributed by atoms with van der Waals surface area (Å²) in [5.41, 5.74) is 1.53. The third-order valence-corrected chi connectivity index (χ3v) is 11.1. The Balaban J connectivity index is 1.59. The van der Waals surface area contributed by atoms with Gasteiger partial charge < -0.3 is 9.90 Å². The molecule has 42 heavy (non-hydrogen) atoms. The van der Waals surface area contributed by atoms with Gasteiger partial charge in [0, 0.05) is 30.5 Å². The Bertz CT molecular complexity index is 1250. The summed E-state index contributed by atoms with van der Waals surface area (Å²) in [5, 5.41) is 37.1. The standard InChI is InChI=1S/C31H44N4O7/c1-19(5-6-20(2)36)24-8-9-25-23(13-16-32-33-27-10-7-21(34(39)40)17-28(27)35(41)42)26(12-15-30(24,25)3)31(4)14-11-22(37)18-29(31)38/h7,10,16-17,19,22-26,33,37H,5-6,8-9,11-15,18H2,1-4H3/t19-,22+,23?,24-,25?,26?,30-,31-/m1/s1. The molecule has 3 saturated carbocycles. The number of anilines is 1. The Morgan fingerprint density at radius 2 is 1.88 bits per heavy atom. The quantitative estimate of drug-likeness (QED) is 0.169. The Hall–Kier alpha value is -3.21. The Kier molecular flexibility index (Phi) is 9.49. The van der Waals surface area contributed by atoms with Crippen molar-refractivity contribution >= 4 is 34.8 Å². The molecular weight excluding hydrogens is 540 g/mol. The molecule has 3 aliphatic rings. The van der Waals surface area contributed by atoms with Crippen molar-refractivity contribution < 1.29 is 24.5 Å². The van der Waals surface area contributed by atoms with Crippen molar-refractivity contribution in [1.29, 1.82) is 0 Å². The lowest BCUT2D eigenvalue weighted by atomic mass is 9.49. The number of hydrazone groups is 1. The number of aliphatic hydroxyl groups excluding tert-OH is 1. The van der Waals surface area contributed by atoms with E-state index in [1.807, 2.05) is 0 Å². The van der Waals surface area contributed by atoms with Crippen LogP contribution in [0.5, 0.6) is 0 Å². The fourth-order valence-corrected chi connectivity index (χ4v) is 8.73. The van der Waals surface area contributed by atoms with Crippen LogP contribution >= 0.6 is 0 Å². The summed E-state index contributed by atoms with van der Waals surface area (Å²) < 4.78 is 0. The van der Waals surface area contributed by atoms with Crippen molar-refractivity contribution in [2.75, 3.05) is 5.43 Å². The van der Waals surface area contributed by atoms with Crippen molar-refractivity contribution in [3.05, 3.63) is 38.4 Å². The number of nitro benzene ring substituents is 2. The number of ketones is 2. The molecule has 1 aromatic rings. The van der Waals surface area contributed by atoms with E-state index in [-0.39, 0.29) is 46.6 Å². The van der Waals surface area contributed by atoms with E-state index in [1.54, 1.807) is 13.1 Å². The molecule has 1 aromatic carbocycles. The molecule has 11 nitrogen and oxygen atoms in total. The van der Waals surface area contributed by atoms with E-state index in [2.05, 4.69) is 31.3 Å². The SMILES string of the molecule is CC(=O)CC[C@@H](C)[C@H]1CCC2C(CC=NNc3ccc([N+](=O)[O-])cc3[N+](=O)[O-])C([C@@]3(C)CC[C@H](O)CC3=O)CC[C@@]21C. The van der Waals surface area contributed by atoms with Crippen LogP contribution in [0.25, 0.3) is 0 Å². The van der Waals surface area contributed by atoms with Crippen LogP contribution in [0.1, 0.15) is 91.9 Å². The first kappa shape index (κ1) is 31.7. The number of hydrogen-bond donors (Lipinski definition) is 2. The smallest absolute Gasteiger partial charge is 0.301 e. The van der Waals surface area contributed by atoms with Crippen molar-refractivity contribution in [1.82, 2.24) is 0 Å². The number of nitro groups is 2. The summed E-state index contributed by atoms with van der Waals surface area (Å²) in [6.07, 6.45) is 8.68. The molecule has 0 saturated heterocycles. The average Bonchev–Trinajstić information content (AvgIpc) is 3.29. The summed E-state index contributed by atoms with van der Waals surface area (Å²) in [6, 6.07) is 3.39. The van der Waals surface area contributed by atoms with Gasteiger partial charge in [0.15, 0.2) is 0 Å². The molecule has 3 fully saturated rings. The van der Waals surface area contributed by atoms with Crippen LogP contribution in [0.15, 0.2) is 23.3 Å². The molecule has 0 amide bonds. The molecule has 0 bridgehead atoms. The maximum absolute atomic E-state index is 13.4. The molecule has 0 heterocycles. The number of Topliss-reactive ketones (excluding diaryl/α,β-unsaturated/α-hetero) is 2. The molecule has 8 atom stereocenters. The van der Waals surface area contributed by atoms with Gasteiger partial charge in [-0.2, -0.15) is 5.10 Å². The number of carbonyl (C=O) groups is 2. The van der Waals surface area contributed by atoms with Gasteiger partial charge in [-0.3, -0.25) is 30.4 Å². The number of nitrogens with zero attached hydrogens (tertiary/aromatic N) is 3. The molecule has 4 rings (SSSR count). The molecular formula is C31H44N4O7. The minimum absolute atomic E-state index is 0.0653. The molecule has 0 radical (unpaired) electrons. The Labute approximate surface area is 246 Å². The second-order valence-corrected chi connectivity index (χ2v) is 13.4. The van der Waals surface area contributed by atoms with E-state index in [0.717, 1.165) is 38.2 Å². The second kappa shape index (κ2) is 12.6. The predicted octanol–water partition coefficient (Wildman–Crippen LogP) is 6.48. The minimum atomic E-state index is -0.678. The van der Waals surface area contributed by atoms with Crippen LogP contribution in [0.2, 0.25) is 0 Å². The number of hydrogen-bond acceptors (Lipinski definition) is 9. The molecule has 3 aliphatic carbocycles. The third kappa shape index (κ3) is 6.26. The van der Waals surface area contributed by atoms with Crippen molar-refractivity contribution in [2.24, 2.45) is 45.5 Å². The highest BCUT2D eigenvalue weighted by molar-refractivity contribution is 5.86. The maximum Gasteiger partial charge on any atom is 0.301 e. The van der Waals surface area contributed by atoms with Crippen LogP contribution in [0.4, 0.5) is 17.1 Å². The van der Waals surface area contributed by atoms with Crippen molar-refractivity contribution in [2.45, 2.75) is 98.0 Å². The highest BCUT2D eigenvalue weighted by Gasteiger charge is 2.58. The number of aliphatic hydroxyl groups is 1. The van der Waals surface area contributed by atoms with Gasteiger partial charge in [0.05, 0.1) is 22.0 Å². The van der Waals surface area contributed by atoms with Crippen LogP contribution in [0, 0.1) is 60.6 Å². The second-order valence-electron chi connectivity index (χ2n) is 13.4. The fourth-order valence-electron chi connectivity index (χ4n) is 8.73. The molecule has 2 N–H and O–H groups in total. The Morgan fingerprint density at radius 1 is 1.14 bits per heavy atom. The summed E-state index contributed by atoms with van der Waals surface area (Å²) in [7, 11) is 0. The normalized spacial score (nSPS) is 33.7. The number of benzene rings is 1. The predicted molar refractivity (Wildman–Crippen MR) is 159 cm³/mol. The van der Waals surface area contributed by atoms with Gasteiger partial charge in [0.2, 0.25) is 0 Å². The van der Waals surface area contributed by atoms with E-state index >= 15 is 0 Å². The number of fused-ring (bicyclic) bond motifs is 1. The molecule has 0 aliphatic heterocycles. The summed E-state index contributed by atoms with van der Waals surface area (Å²) in [5.74, 6) is 1.89. The molecule has 11 heteroatoms. The van der Waals surface area contributed by atoms with Crippen LogP contribution < -0.4 is 5.43 Å². The lowest BCUT2D eigenvalue weighted by molar-refractivity contribution is -0.393. The van der Waals surface area contributed by atoms with E-state index in [9.17, 15) is 34.9 Å². The minimum Gasteiger partial charge on any atom is -0.393 e. The average molecular weight is 585 g/mol. The maximum atomic E-state index is 13.4. The van der Waals surface area contributed by atoms with Crippen LogP contribution in [0.3, 0.4) is 0 Å².